The molecule has 1 aliphatic rings. The van der Waals surface area contributed by atoms with E-state index in [0.29, 0.717) is 5.56 Å². The largest absolute Gasteiger partial charge is 0.331 e. The van der Waals surface area contributed by atoms with Crippen LogP contribution in [0.3, 0.4) is 0 Å². The van der Waals surface area contributed by atoms with Crippen molar-refractivity contribution in [3.8, 4) is 0 Å². The molecule has 2 aromatic heterocycles. The third-order valence-corrected chi connectivity index (χ3v) is 4.55. The molecule has 0 aromatic carbocycles. The number of carbonyl (C=O) groups is 1. The fourth-order valence-corrected chi connectivity index (χ4v) is 3.34. The molecule has 116 valence electrons. The van der Waals surface area contributed by atoms with Crippen molar-refractivity contribution < 1.29 is 4.79 Å². The molecule has 2 aromatic rings. The van der Waals surface area contributed by atoms with Gasteiger partial charge in [-0.3, -0.25) is 9.48 Å². The Balaban J connectivity index is 1.97. The molecule has 1 atom stereocenters. The van der Waals surface area contributed by atoms with Gasteiger partial charge in [-0.25, -0.2) is 9.97 Å². The van der Waals surface area contributed by atoms with Crippen molar-refractivity contribution in [2.45, 2.75) is 39.7 Å². The molecule has 3 heterocycles. The van der Waals surface area contributed by atoms with Gasteiger partial charge in [0.15, 0.2) is 0 Å². The van der Waals surface area contributed by atoms with E-state index in [0.717, 1.165) is 36.5 Å². The highest BCUT2D eigenvalue weighted by Gasteiger charge is 2.34. The molecular weight excluding hydrogens is 278 g/mol. The van der Waals surface area contributed by atoms with Crippen LogP contribution in [-0.4, -0.2) is 37.1 Å². The van der Waals surface area contributed by atoms with Crippen LogP contribution in [0.25, 0.3) is 0 Å². The summed E-state index contributed by atoms with van der Waals surface area (Å²) in [5.41, 5.74) is 4.63. The Kier molecular flexibility index (Phi) is 3.68. The number of aromatic nitrogens is 4. The van der Waals surface area contributed by atoms with Gasteiger partial charge in [0.05, 0.1) is 23.0 Å². The van der Waals surface area contributed by atoms with Crippen LogP contribution >= 0.6 is 0 Å². The van der Waals surface area contributed by atoms with Crippen molar-refractivity contribution in [1.82, 2.24) is 24.6 Å². The van der Waals surface area contributed by atoms with Crippen LogP contribution in [0.15, 0.2) is 12.5 Å². The molecule has 22 heavy (non-hydrogen) atoms. The second-order valence-corrected chi connectivity index (χ2v) is 5.89. The molecule has 1 fully saturated rings. The van der Waals surface area contributed by atoms with Gasteiger partial charge in [0.1, 0.15) is 6.33 Å². The van der Waals surface area contributed by atoms with Crippen LogP contribution in [0.5, 0.6) is 0 Å². The summed E-state index contributed by atoms with van der Waals surface area (Å²) < 4.78 is 1.89. The van der Waals surface area contributed by atoms with E-state index in [4.69, 9.17) is 0 Å². The number of carbonyl (C=O) groups excluding carboxylic acids is 1. The maximum Gasteiger partial charge on any atom is 0.257 e. The maximum atomic E-state index is 12.9. The molecule has 6 heteroatoms. The lowest BCUT2D eigenvalue weighted by atomic mass is 10.0. The molecule has 0 radical (unpaired) electrons. The van der Waals surface area contributed by atoms with E-state index >= 15 is 0 Å². The molecule has 0 aliphatic carbocycles. The predicted molar refractivity (Wildman–Crippen MR) is 82.5 cm³/mol. The number of amides is 1. The number of hydrogen-bond donors (Lipinski definition) is 0. The van der Waals surface area contributed by atoms with Crippen molar-refractivity contribution in [2.24, 2.45) is 7.05 Å². The monoisotopic (exact) mass is 299 g/mol. The molecule has 0 saturated carbocycles. The Bertz CT molecular complexity index is 721. The number of rotatable bonds is 2. The Morgan fingerprint density at radius 1 is 1.27 bits per heavy atom. The minimum atomic E-state index is 0.0169. The summed E-state index contributed by atoms with van der Waals surface area (Å²) in [7, 11) is 1.95. The van der Waals surface area contributed by atoms with Gasteiger partial charge in [-0.05, 0) is 33.6 Å². The van der Waals surface area contributed by atoms with Crippen molar-refractivity contribution in [2.75, 3.05) is 6.54 Å². The first-order valence-corrected chi connectivity index (χ1v) is 7.58. The Labute approximate surface area is 130 Å². The molecule has 3 rings (SSSR count). The summed E-state index contributed by atoms with van der Waals surface area (Å²) in [6.45, 7) is 6.69. The normalized spacial score (nSPS) is 18.0. The maximum absolute atomic E-state index is 12.9. The molecule has 0 N–H and O–H groups in total. The zero-order valence-electron chi connectivity index (χ0n) is 13.5. The fraction of sp³-hybridized carbons (Fsp3) is 0.500. The van der Waals surface area contributed by atoms with Gasteiger partial charge in [0, 0.05) is 31.0 Å². The summed E-state index contributed by atoms with van der Waals surface area (Å²) in [5.74, 6) is 0.0169. The molecule has 1 saturated heterocycles. The molecule has 0 unspecified atom stereocenters. The van der Waals surface area contributed by atoms with E-state index < -0.39 is 0 Å². The van der Waals surface area contributed by atoms with Crippen molar-refractivity contribution in [3.63, 3.8) is 0 Å². The highest BCUT2D eigenvalue weighted by atomic mass is 16.2. The van der Waals surface area contributed by atoms with Crippen LogP contribution in [-0.2, 0) is 7.05 Å². The van der Waals surface area contributed by atoms with Crippen LogP contribution in [0, 0.1) is 20.8 Å². The van der Waals surface area contributed by atoms with E-state index in [1.165, 1.54) is 11.9 Å². The summed E-state index contributed by atoms with van der Waals surface area (Å²) >= 11 is 0. The SMILES string of the molecule is Cc1ncncc1C(=O)N1CCC[C@H]1c1c(C)nn(C)c1C. The van der Waals surface area contributed by atoms with E-state index in [-0.39, 0.29) is 11.9 Å². The smallest absolute Gasteiger partial charge is 0.257 e. The third-order valence-electron chi connectivity index (χ3n) is 4.55. The Morgan fingerprint density at radius 3 is 2.68 bits per heavy atom. The van der Waals surface area contributed by atoms with Crippen LogP contribution < -0.4 is 0 Å². The average Bonchev–Trinajstić information content (AvgIpc) is 3.04. The zero-order valence-corrected chi connectivity index (χ0v) is 13.5. The fourth-order valence-electron chi connectivity index (χ4n) is 3.34. The summed E-state index contributed by atoms with van der Waals surface area (Å²) in [4.78, 5) is 23.0. The predicted octanol–water partition coefficient (Wildman–Crippen LogP) is 2.11. The highest BCUT2D eigenvalue weighted by Crippen LogP contribution is 2.36. The van der Waals surface area contributed by atoms with Crippen LogP contribution in [0.1, 0.15) is 51.9 Å². The van der Waals surface area contributed by atoms with Crippen molar-refractivity contribution in [3.05, 3.63) is 40.7 Å². The zero-order chi connectivity index (χ0) is 15.9. The van der Waals surface area contributed by atoms with E-state index in [2.05, 4.69) is 22.0 Å². The topological polar surface area (TPSA) is 63.9 Å². The van der Waals surface area contributed by atoms with Gasteiger partial charge in [-0.2, -0.15) is 5.10 Å². The minimum absolute atomic E-state index is 0.0169. The summed E-state index contributed by atoms with van der Waals surface area (Å²) in [6.07, 6.45) is 5.08. The van der Waals surface area contributed by atoms with Gasteiger partial charge in [-0.1, -0.05) is 0 Å². The van der Waals surface area contributed by atoms with E-state index in [1.807, 2.05) is 30.5 Å². The molecule has 0 spiro atoms. The molecular formula is C16H21N5O. The lowest BCUT2D eigenvalue weighted by Gasteiger charge is -2.25. The van der Waals surface area contributed by atoms with Crippen molar-refractivity contribution in [1.29, 1.82) is 0 Å². The van der Waals surface area contributed by atoms with Crippen molar-refractivity contribution >= 4 is 5.91 Å². The number of hydrogen-bond acceptors (Lipinski definition) is 4. The lowest BCUT2D eigenvalue weighted by molar-refractivity contribution is 0.0733. The van der Waals surface area contributed by atoms with E-state index in [1.54, 1.807) is 6.20 Å². The van der Waals surface area contributed by atoms with Gasteiger partial charge >= 0.3 is 0 Å². The first-order valence-electron chi connectivity index (χ1n) is 7.58. The second-order valence-electron chi connectivity index (χ2n) is 5.89. The first kappa shape index (κ1) is 14.7. The minimum Gasteiger partial charge on any atom is -0.331 e. The Morgan fingerprint density at radius 2 is 2.05 bits per heavy atom. The number of aryl methyl sites for hydroxylation is 3. The quantitative estimate of drug-likeness (QED) is 0.852. The summed E-state index contributed by atoms with van der Waals surface area (Å²) in [5, 5.41) is 4.49. The highest BCUT2D eigenvalue weighted by molar-refractivity contribution is 5.95. The lowest BCUT2D eigenvalue weighted by Crippen LogP contribution is -2.31. The Hall–Kier alpha value is -2.24. The van der Waals surface area contributed by atoms with Gasteiger partial charge < -0.3 is 4.90 Å². The average molecular weight is 299 g/mol. The van der Waals surface area contributed by atoms with Crippen LogP contribution in [0.2, 0.25) is 0 Å². The van der Waals surface area contributed by atoms with Gasteiger partial charge in [0.25, 0.3) is 5.91 Å². The first-order chi connectivity index (χ1) is 10.5. The number of likely N-dealkylation sites (tertiary alicyclic amines) is 1. The molecule has 1 amide bonds. The number of nitrogens with zero attached hydrogens (tertiary/aromatic N) is 5. The molecule has 6 nitrogen and oxygen atoms in total. The van der Waals surface area contributed by atoms with Gasteiger partial charge in [0.2, 0.25) is 0 Å². The second kappa shape index (κ2) is 5.51. The van der Waals surface area contributed by atoms with Crippen LogP contribution in [0.4, 0.5) is 0 Å². The van der Waals surface area contributed by atoms with E-state index in [9.17, 15) is 4.79 Å². The standard InChI is InChI=1S/C16H21N5O/c1-10-13(8-17-9-18-10)16(22)21-7-5-6-14(21)15-11(2)19-20(4)12(15)3/h8-9,14H,5-7H2,1-4H3/t14-/m0/s1. The van der Waals surface area contributed by atoms with Gasteiger partial charge in [-0.15, -0.1) is 0 Å². The molecule has 1 aliphatic heterocycles. The third kappa shape index (κ3) is 2.28. The summed E-state index contributed by atoms with van der Waals surface area (Å²) in [6, 6.07) is 0.0980. The molecule has 0 bridgehead atoms.